The van der Waals surface area contributed by atoms with Gasteiger partial charge in [0.25, 0.3) is 0 Å². The summed E-state index contributed by atoms with van der Waals surface area (Å²) in [4.78, 5) is 20.4. The normalized spacial score (nSPS) is 10.3. The summed E-state index contributed by atoms with van der Waals surface area (Å²) < 4.78 is 10.00. The molecule has 0 saturated heterocycles. The largest absolute Gasteiger partial charge is 0.496 e. The van der Waals surface area contributed by atoms with Crippen molar-refractivity contribution in [2.75, 3.05) is 19.5 Å². The molecule has 0 bridgehead atoms. The van der Waals surface area contributed by atoms with Crippen LogP contribution in [0.3, 0.4) is 0 Å². The van der Waals surface area contributed by atoms with Crippen LogP contribution in [0.2, 0.25) is 0 Å². The molecule has 0 radical (unpaired) electrons. The van der Waals surface area contributed by atoms with Crippen LogP contribution >= 0.6 is 0 Å². The van der Waals surface area contributed by atoms with Gasteiger partial charge in [0.05, 0.1) is 14.2 Å². The fourth-order valence-electron chi connectivity index (χ4n) is 2.22. The Morgan fingerprint density at radius 2 is 2.00 bits per heavy atom. The molecule has 1 aromatic heterocycles. The molecule has 23 heavy (non-hydrogen) atoms. The monoisotopic (exact) mass is 315 g/mol. The fraction of sp³-hybridized carbons (Fsp3) is 0.353. The number of benzene rings is 1. The summed E-state index contributed by atoms with van der Waals surface area (Å²) in [5, 5.41) is 3.27. The first-order chi connectivity index (χ1) is 11.1. The molecule has 0 aliphatic carbocycles. The van der Waals surface area contributed by atoms with Crippen molar-refractivity contribution in [3.8, 4) is 5.75 Å². The van der Waals surface area contributed by atoms with Crippen molar-refractivity contribution in [1.82, 2.24) is 9.97 Å². The summed E-state index contributed by atoms with van der Waals surface area (Å²) in [6, 6.07) is 7.31. The molecule has 0 amide bonds. The molecule has 0 aliphatic heterocycles. The quantitative estimate of drug-likeness (QED) is 0.826. The highest BCUT2D eigenvalue weighted by atomic mass is 16.5. The van der Waals surface area contributed by atoms with Gasteiger partial charge in [-0.15, -0.1) is 0 Å². The molecule has 122 valence electrons. The van der Waals surface area contributed by atoms with Gasteiger partial charge in [0.1, 0.15) is 23.0 Å². The lowest BCUT2D eigenvalue weighted by Crippen LogP contribution is -2.07. The number of nitrogens with one attached hydrogen (secondary N) is 1. The highest BCUT2D eigenvalue weighted by Crippen LogP contribution is 2.21. The number of anilines is 1. The van der Waals surface area contributed by atoms with E-state index in [9.17, 15) is 4.79 Å². The molecule has 6 heteroatoms. The van der Waals surface area contributed by atoms with Gasteiger partial charge in [0.15, 0.2) is 0 Å². The lowest BCUT2D eigenvalue weighted by atomic mass is 10.1. The van der Waals surface area contributed by atoms with E-state index in [2.05, 4.69) is 22.2 Å². The zero-order chi connectivity index (χ0) is 16.8. The summed E-state index contributed by atoms with van der Waals surface area (Å²) in [6.07, 6.45) is 0.861. The predicted molar refractivity (Wildman–Crippen MR) is 87.8 cm³/mol. The van der Waals surface area contributed by atoms with Crippen LogP contribution in [0.25, 0.3) is 0 Å². The standard InChI is InChI=1S/C17H21N3O3/c1-5-13-9-16(20-11(2)19-13)18-10-12-6-7-14(17(21)23-4)15(8-12)22-3/h6-9H,5,10H2,1-4H3,(H,18,19,20). The zero-order valence-electron chi connectivity index (χ0n) is 13.8. The number of carbonyl (C=O) groups is 1. The second-order valence-corrected chi connectivity index (χ2v) is 5.03. The third-order valence-electron chi connectivity index (χ3n) is 3.40. The SMILES string of the molecule is CCc1cc(NCc2ccc(C(=O)OC)c(OC)c2)nc(C)n1. The van der Waals surface area contributed by atoms with Crippen molar-refractivity contribution in [3.63, 3.8) is 0 Å². The highest BCUT2D eigenvalue weighted by molar-refractivity contribution is 5.92. The molecule has 6 nitrogen and oxygen atoms in total. The number of rotatable bonds is 6. The number of carbonyl (C=O) groups excluding carboxylic acids is 1. The number of ether oxygens (including phenoxy) is 2. The van der Waals surface area contributed by atoms with Crippen molar-refractivity contribution in [2.24, 2.45) is 0 Å². The molecule has 2 rings (SSSR count). The van der Waals surface area contributed by atoms with E-state index in [4.69, 9.17) is 9.47 Å². The van der Waals surface area contributed by atoms with Crippen molar-refractivity contribution < 1.29 is 14.3 Å². The molecule has 0 aliphatic rings. The summed E-state index contributed by atoms with van der Waals surface area (Å²) >= 11 is 0. The number of aromatic nitrogens is 2. The first-order valence-corrected chi connectivity index (χ1v) is 7.41. The van der Waals surface area contributed by atoms with Crippen LogP contribution in [-0.2, 0) is 17.7 Å². The van der Waals surface area contributed by atoms with E-state index in [0.29, 0.717) is 17.9 Å². The Morgan fingerprint density at radius 1 is 1.22 bits per heavy atom. The van der Waals surface area contributed by atoms with E-state index in [1.807, 2.05) is 25.1 Å². The Balaban J connectivity index is 2.15. The van der Waals surface area contributed by atoms with Crippen LogP contribution < -0.4 is 10.1 Å². The van der Waals surface area contributed by atoms with Crippen LogP contribution in [0.1, 0.15) is 34.4 Å². The number of hydrogen-bond acceptors (Lipinski definition) is 6. The molecule has 1 aromatic carbocycles. The first kappa shape index (κ1) is 16.7. The average Bonchev–Trinajstić information content (AvgIpc) is 2.58. The van der Waals surface area contributed by atoms with Gasteiger partial charge >= 0.3 is 5.97 Å². The maximum atomic E-state index is 11.7. The van der Waals surface area contributed by atoms with Crippen LogP contribution in [0, 0.1) is 6.92 Å². The van der Waals surface area contributed by atoms with Gasteiger partial charge < -0.3 is 14.8 Å². The Morgan fingerprint density at radius 3 is 2.65 bits per heavy atom. The van der Waals surface area contributed by atoms with Crippen LogP contribution in [0.5, 0.6) is 5.75 Å². The van der Waals surface area contributed by atoms with Crippen LogP contribution in [0.4, 0.5) is 5.82 Å². The van der Waals surface area contributed by atoms with Gasteiger partial charge in [-0.25, -0.2) is 14.8 Å². The molecule has 0 atom stereocenters. The third kappa shape index (κ3) is 4.18. The summed E-state index contributed by atoms with van der Waals surface area (Å²) in [5.74, 6) is 1.60. The van der Waals surface area contributed by atoms with E-state index in [0.717, 1.165) is 29.3 Å². The fourth-order valence-corrected chi connectivity index (χ4v) is 2.22. The number of hydrogen-bond donors (Lipinski definition) is 1. The lowest BCUT2D eigenvalue weighted by molar-refractivity contribution is 0.0597. The molecule has 0 unspecified atom stereocenters. The van der Waals surface area contributed by atoms with E-state index in [-0.39, 0.29) is 0 Å². The van der Waals surface area contributed by atoms with E-state index in [1.165, 1.54) is 14.2 Å². The van der Waals surface area contributed by atoms with Crippen molar-refractivity contribution in [3.05, 3.63) is 46.9 Å². The molecule has 2 aromatic rings. The Labute approximate surface area is 135 Å². The minimum Gasteiger partial charge on any atom is -0.496 e. The maximum Gasteiger partial charge on any atom is 0.341 e. The van der Waals surface area contributed by atoms with Crippen molar-refractivity contribution in [2.45, 2.75) is 26.8 Å². The summed E-state index contributed by atoms with van der Waals surface area (Å²) in [7, 11) is 2.88. The van der Waals surface area contributed by atoms with Crippen LogP contribution in [0.15, 0.2) is 24.3 Å². The smallest absolute Gasteiger partial charge is 0.341 e. The number of methoxy groups -OCH3 is 2. The predicted octanol–water partition coefficient (Wildman–Crippen LogP) is 2.75. The molecule has 1 N–H and O–H groups in total. The molecule has 0 saturated carbocycles. The van der Waals surface area contributed by atoms with Gasteiger partial charge in [0.2, 0.25) is 0 Å². The highest BCUT2D eigenvalue weighted by Gasteiger charge is 2.13. The van der Waals surface area contributed by atoms with Gasteiger partial charge in [-0.05, 0) is 31.0 Å². The zero-order valence-corrected chi connectivity index (χ0v) is 13.8. The number of esters is 1. The first-order valence-electron chi connectivity index (χ1n) is 7.41. The topological polar surface area (TPSA) is 73.3 Å². The molecule has 0 fully saturated rings. The Bertz CT molecular complexity index is 701. The lowest BCUT2D eigenvalue weighted by Gasteiger charge is -2.11. The summed E-state index contributed by atoms with van der Waals surface area (Å²) in [6.45, 7) is 4.50. The second-order valence-electron chi connectivity index (χ2n) is 5.03. The number of nitrogens with zero attached hydrogens (tertiary/aromatic N) is 2. The minimum absolute atomic E-state index is 0.407. The van der Waals surface area contributed by atoms with Crippen molar-refractivity contribution in [1.29, 1.82) is 0 Å². The van der Waals surface area contributed by atoms with Gasteiger partial charge in [-0.1, -0.05) is 13.0 Å². The maximum absolute atomic E-state index is 11.7. The van der Waals surface area contributed by atoms with Crippen LogP contribution in [-0.4, -0.2) is 30.2 Å². The van der Waals surface area contributed by atoms with E-state index >= 15 is 0 Å². The van der Waals surface area contributed by atoms with Gasteiger partial charge in [-0.2, -0.15) is 0 Å². The second kappa shape index (κ2) is 7.58. The molecule has 0 spiro atoms. The summed E-state index contributed by atoms with van der Waals surface area (Å²) in [5.41, 5.74) is 2.38. The number of aryl methyl sites for hydroxylation is 2. The minimum atomic E-state index is -0.416. The van der Waals surface area contributed by atoms with E-state index < -0.39 is 5.97 Å². The van der Waals surface area contributed by atoms with Crippen molar-refractivity contribution >= 4 is 11.8 Å². The molecule has 1 heterocycles. The Hall–Kier alpha value is -2.63. The average molecular weight is 315 g/mol. The van der Waals surface area contributed by atoms with E-state index in [1.54, 1.807) is 6.07 Å². The Kier molecular flexibility index (Phi) is 5.51. The third-order valence-corrected chi connectivity index (χ3v) is 3.40. The molecular weight excluding hydrogens is 294 g/mol. The molecular formula is C17H21N3O3. The van der Waals surface area contributed by atoms with Gasteiger partial charge in [-0.3, -0.25) is 0 Å². The van der Waals surface area contributed by atoms with Gasteiger partial charge in [0, 0.05) is 18.3 Å².